The standard InChI is InChI=1S/C28H31N3O2/c1-3-4-18-29-28(32)23-15-16-26-25(20-23)30-27(21(2)33-24-13-9-6-10-14-24)31(26)19-17-22-11-7-5-8-12-22/h5-16,20-21H,3-4,17-19H2,1-2H3,(H,29,32). The first-order valence-corrected chi connectivity index (χ1v) is 11.7. The van der Waals surface area contributed by atoms with Gasteiger partial charge in [-0.15, -0.1) is 0 Å². The fraction of sp³-hybridized carbons (Fsp3) is 0.286. The predicted molar refractivity (Wildman–Crippen MR) is 133 cm³/mol. The van der Waals surface area contributed by atoms with Gasteiger partial charge in [-0.3, -0.25) is 4.79 Å². The SMILES string of the molecule is CCCCNC(=O)c1ccc2c(c1)nc(C(C)Oc1ccccc1)n2CCc1ccccc1. The first-order valence-electron chi connectivity index (χ1n) is 11.7. The zero-order valence-electron chi connectivity index (χ0n) is 19.3. The molecule has 4 aromatic rings. The lowest BCUT2D eigenvalue weighted by atomic mass is 10.1. The Morgan fingerprint density at radius 1 is 1.03 bits per heavy atom. The Morgan fingerprint density at radius 3 is 2.48 bits per heavy atom. The van der Waals surface area contributed by atoms with Gasteiger partial charge in [0.05, 0.1) is 11.0 Å². The summed E-state index contributed by atoms with van der Waals surface area (Å²) in [6.45, 7) is 5.60. The van der Waals surface area contributed by atoms with Gasteiger partial charge in [-0.2, -0.15) is 0 Å². The van der Waals surface area contributed by atoms with Crippen molar-refractivity contribution in [1.82, 2.24) is 14.9 Å². The van der Waals surface area contributed by atoms with Gasteiger partial charge in [0.15, 0.2) is 11.9 Å². The Labute approximate surface area is 195 Å². The number of fused-ring (bicyclic) bond motifs is 1. The monoisotopic (exact) mass is 441 g/mol. The van der Waals surface area contributed by atoms with Crippen LogP contribution in [-0.2, 0) is 13.0 Å². The van der Waals surface area contributed by atoms with Gasteiger partial charge in [-0.25, -0.2) is 4.98 Å². The number of para-hydroxylation sites is 1. The van der Waals surface area contributed by atoms with Crippen molar-refractivity contribution in [3.8, 4) is 5.75 Å². The molecule has 170 valence electrons. The summed E-state index contributed by atoms with van der Waals surface area (Å²) in [6.07, 6.45) is 2.67. The largest absolute Gasteiger partial charge is 0.483 e. The van der Waals surface area contributed by atoms with Gasteiger partial charge >= 0.3 is 0 Å². The molecule has 0 bridgehead atoms. The third-order valence-corrected chi connectivity index (χ3v) is 5.74. The van der Waals surface area contributed by atoms with Crippen LogP contribution < -0.4 is 10.1 Å². The Morgan fingerprint density at radius 2 is 1.76 bits per heavy atom. The average molecular weight is 442 g/mol. The molecule has 1 heterocycles. The highest BCUT2D eigenvalue weighted by Crippen LogP contribution is 2.26. The number of ether oxygens (including phenoxy) is 1. The van der Waals surface area contributed by atoms with E-state index in [1.807, 2.05) is 61.5 Å². The van der Waals surface area contributed by atoms with Gasteiger partial charge in [0, 0.05) is 18.7 Å². The highest BCUT2D eigenvalue weighted by atomic mass is 16.5. The Kier molecular flexibility index (Phi) is 7.40. The van der Waals surface area contributed by atoms with Crippen LogP contribution in [0.4, 0.5) is 0 Å². The van der Waals surface area contributed by atoms with E-state index in [9.17, 15) is 4.79 Å². The van der Waals surface area contributed by atoms with E-state index >= 15 is 0 Å². The number of hydrogen-bond donors (Lipinski definition) is 1. The molecule has 1 atom stereocenters. The lowest BCUT2D eigenvalue weighted by molar-refractivity contribution is 0.0953. The van der Waals surface area contributed by atoms with E-state index in [-0.39, 0.29) is 12.0 Å². The van der Waals surface area contributed by atoms with Crippen LogP contribution in [0, 0.1) is 0 Å². The minimum atomic E-state index is -0.239. The van der Waals surface area contributed by atoms with Gasteiger partial charge in [-0.05, 0) is 55.7 Å². The summed E-state index contributed by atoms with van der Waals surface area (Å²) in [5.41, 5.74) is 3.72. The van der Waals surface area contributed by atoms with Crippen LogP contribution >= 0.6 is 0 Å². The predicted octanol–water partition coefficient (Wildman–Crippen LogP) is 5.95. The molecular weight excluding hydrogens is 410 g/mol. The number of imidazole rings is 1. The van der Waals surface area contributed by atoms with Crippen molar-refractivity contribution in [1.29, 1.82) is 0 Å². The van der Waals surface area contributed by atoms with Gasteiger partial charge in [-0.1, -0.05) is 61.9 Å². The molecule has 1 N–H and O–H groups in total. The molecule has 1 aromatic heterocycles. The molecule has 0 radical (unpaired) electrons. The third kappa shape index (κ3) is 5.61. The third-order valence-electron chi connectivity index (χ3n) is 5.74. The first-order chi connectivity index (χ1) is 16.2. The van der Waals surface area contributed by atoms with Gasteiger partial charge in [0.2, 0.25) is 0 Å². The molecule has 1 unspecified atom stereocenters. The molecule has 0 aliphatic carbocycles. The number of amides is 1. The number of aromatic nitrogens is 2. The molecule has 0 aliphatic heterocycles. The Bertz CT molecular complexity index is 1190. The number of rotatable bonds is 10. The number of benzene rings is 3. The zero-order valence-corrected chi connectivity index (χ0v) is 19.3. The second-order valence-corrected chi connectivity index (χ2v) is 8.24. The fourth-order valence-corrected chi connectivity index (χ4v) is 3.96. The van der Waals surface area contributed by atoms with Crippen molar-refractivity contribution < 1.29 is 9.53 Å². The van der Waals surface area contributed by atoms with E-state index in [0.717, 1.165) is 48.4 Å². The molecule has 5 heteroatoms. The van der Waals surface area contributed by atoms with Gasteiger partial charge in [0.1, 0.15) is 5.75 Å². The summed E-state index contributed by atoms with van der Waals surface area (Å²) in [7, 11) is 0. The van der Waals surface area contributed by atoms with E-state index in [1.54, 1.807) is 0 Å². The molecule has 0 saturated heterocycles. The van der Waals surface area contributed by atoms with Crippen molar-refractivity contribution in [2.75, 3.05) is 6.54 Å². The van der Waals surface area contributed by atoms with Crippen molar-refractivity contribution in [3.63, 3.8) is 0 Å². The van der Waals surface area contributed by atoms with Gasteiger partial charge < -0.3 is 14.6 Å². The molecule has 0 saturated carbocycles. The van der Waals surface area contributed by atoms with E-state index in [1.165, 1.54) is 5.56 Å². The molecule has 5 nitrogen and oxygen atoms in total. The molecule has 0 spiro atoms. The zero-order chi connectivity index (χ0) is 23.0. The lowest BCUT2D eigenvalue weighted by Gasteiger charge is -2.17. The van der Waals surface area contributed by atoms with Crippen LogP contribution in [0.1, 0.15) is 54.5 Å². The van der Waals surface area contributed by atoms with Crippen LogP contribution in [0.5, 0.6) is 5.75 Å². The van der Waals surface area contributed by atoms with Crippen molar-refractivity contribution in [3.05, 3.63) is 95.8 Å². The second kappa shape index (κ2) is 10.8. The summed E-state index contributed by atoms with van der Waals surface area (Å²) in [5.74, 6) is 1.61. The van der Waals surface area contributed by atoms with E-state index in [4.69, 9.17) is 9.72 Å². The summed E-state index contributed by atoms with van der Waals surface area (Å²) in [4.78, 5) is 17.5. The molecule has 0 aliphatic rings. The number of nitrogens with one attached hydrogen (secondary N) is 1. The highest BCUT2D eigenvalue weighted by Gasteiger charge is 2.19. The average Bonchev–Trinajstić information content (AvgIpc) is 3.22. The molecule has 4 rings (SSSR count). The summed E-state index contributed by atoms with van der Waals surface area (Å²) in [6, 6.07) is 26.0. The maximum absolute atomic E-state index is 12.6. The fourth-order valence-electron chi connectivity index (χ4n) is 3.96. The van der Waals surface area contributed by atoms with Crippen LogP contribution in [0.2, 0.25) is 0 Å². The van der Waals surface area contributed by atoms with Gasteiger partial charge in [0.25, 0.3) is 5.91 Å². The Hall–Kier alpha value is -3.60. The molecular formula is C28H31N3O2. The van der Waals surface area contributed by atoms with Crippen molar-refractivity contribution in [2.24, 2.45) is 0 Å². The number of nitrogens with zero attached hydrogens (tertiary/aromatic N) is 2. The normalized spacial score (nSPS) is 11.9. The van der Waals surface area contributed by atoms with E-state index in [2.05, 4.69) is 41.1 Å². The summed E-state index contributed by atoms with van der Waals surface area (Å²) in [5, 5.41) is 2.99. The molecule has 1 amide bonds. The second-order valence-electron chi connectivity index (χ2n) is 8.24. The van der Waals surface area contributed by atoms with Crippen LogP contribution in [0.15, 0.2) is 78.9 Å². The topological polar surface area (TPSA) is 56.1 Å². The first kappa shape index (κ1) is 22.6. The van der Waals surface area contributed by atoms with Crippen molar-refractivity contribution in [2.45, 2.75) is 45.8 Å². The van der Waals surface area contributed by atoms with Crippen LogP contribution in [-0.4, -0.2) is 22.0 Å². The molecule has 0 fully saturated rings. The van der Waals surface area contributed by atoms with Crippen LogP contribution in [0.3, 0.4) is 0 Å². The number of aryl methyl sites for hydroxylation is 2. The van der Waals surface area contributed by atoms with Crippen molar-refractivity contribution >= 4 is 16.9 Å². The maximum atomic E-state index is 12.6. The number of carbonyl (C=O) groups excluding carboxylic acids is 1. The van der Waals surface area contributed by atoms with E-state index in [0.29, 0.717) is 12.1 Å². The molecule has 33 heavy (non-hydrogen) atoms. The Balaban J connectivity index is 1.64. The number of unbranched alkanes of at least 4 members (excludes halogenated alkanes) is 1. The minimum Gasteiger partial charge on any atom is -0.483 e. The smallest absolute Gasteiger partial charge is 0.251 e. The number of hydrogen-bond acceptors (Lipinski definition) is 3. The lowest BCUT2D eigenvalue weighted by Crippen LogP contribution is -2.24. The van der Waals surface area contributed by atoms with Crippen LogP contribution in [0.25, 0.3) is 11.0 Å². The quantitative estimate of drug-likeness (QED) is 0.310. The highest BCUT2D eigenvalue weighted by molar-refractivity contribution is 5.97. The van der Waals surface area contributed by atoms with E-state index < -0.39 is 0 Å². The number of carbonyl (C=O) groups is 1. The molecule has 3 aromatic carbocycles. The maximum Gasteiger partial charge on any atom is 0.251 e. The minimum absolute atomic E-state index is 0.0562. The summed E-state index contributed by atoms with van der Waals surface area (Å²) >= 11 is 0. The summed E-state index contributed by atoms with van der Waals surface area (Å²) < 4.78 is 8.42.